The average molecular weight is 414 g/mol. The van der Waals surface area contributed by atoms with Crippen LogP contribution in [0.4, 0.5) is 10.1 Å². The van der Waals surface area contributed by atoms with E-state index in [-0.39, 0.29) is 15.6 Å². The van der Waals surface area contributed by atoms with Crippen molar-refractivity contribution in [1.29, 1.82) is 0 Å². The normalized spacial score (nSPS) is 11.5. The molecule has 4 rings (SSSR count). The molecule has 140 valence electrons. The largest absolute Gasteiger partial charge is 0.278 e. The van der Waals surface area contributed by atoms with E-state index in [9.17, 15) is 12.8 Å². The van der Waals surface area contributed by atoms with Gasteiger partial charge in [0.05, 0.1) is 33.0 Å². The second kappa shape index (κ2) is 7.18. The van der Waals surface area contributed by atoms with Crippen LogP contribution in [-0.2, 0) is 10.0 Å². The average Bonchev–Trinajstić information content (AvgIpc) is 2.69. The van der Waals surface area contributed by atoms with Crippen molar-refractivity contribution in [2.24, 2.45) is 0 Å². The maximum absolute atomic E-state index is 13.1. The first-order chi connectivity index (χ1) is 13.4. The quantitative estimate of drug-likeness (QED) is 0.517. The van der Waals surface area contributed by atoms with E-state index >= 15 is 0 Å². The lowest BCUT2D eigenvalue weighted by Gasteiger charge is -2.11. The van der Waals surface area contributed by atoms with Gasteiger partial charge in [-0.3, -0.25) is 14.7 Å². The Bertz CT molecular complexity index is 1280. The fraction of sp³-hybridized carbons (Fsp3) is 0. The predicted molar refractivity (Wildman–Crippen MR) is 107 cm³/mol. The standard InChI is InChI=1S/C20H13ClFN3O2S/c21-17-8-3-14(18-10-13-2-1-9-23-20(13)12-24-18)11-19(17)25-28(26,27)16-6-4-15(22)5-7-16/h1-12,25H. The van der Waals surface area contributed by atoms with E-state index in [4.69, 9.17) is 11.6 Å². The summed E-state index contributed by atoms with van der Waals surface area (Å²) in [6.07, 6.45) is 3.34. The number of nitrogens with zero attached hydrogens (tertiary/aromatic N) is 2. The Hall–Kier alpha value is -3.03. The number of nitrogens with one attached hydrogen (secondary N) is 1. The van der Waals surface area contributed by atoms with Crippen molar-refractivity contribution in [2.75, 3.05) is 4.72 Å². The SMILES string of the molecule is O=S(=O)(Nc1cc(-c2cc3cccnc3cn2)ccc1Cl)c1ccc(F)cc1. The number of benzene rings is 2. The molecule has 0 aliphatic rings. The molecule has 2 heterocycles. The number of rotatable bonds is 4. The Morgan fingerprint density at radius 1 is 0.964 bits per heavy atom. The zero-order valence-electron chi connectivity index (χ0n) is 14.3. The molecule has 28 heavy (non-hydrogen) atoms. The number of hydrogen-bond donors (Lipinski definition) is 1. The summed E-state index contributed by atoms with van der Waals surface area (Å²) in [5.74, 6) is -0.518. The van der Waals surface area contributed by atoms with Gasteiger partial charge in [0.25, 0.3) is 10.0 Å². The molecule has 1 N–H and O–H groups in total. The van der Waals surface area contributed by atoms with Crippen molar-refractivity contribution in [2.45, 2.75) is 4.90 Å². The van der Waals surface area contributed by atoms with Gasteiger partial charge in [-0.2, -0.15) is 0 Å². The minimum absolute atomic E-state index is 0.0646. The molecule has 0 aliphatic heterocycles. The van der Waals surface area contributed by atoms with Crippen molar-refractivity contribution < 1.29 is 12.8 Å². The van der Waals surface area contributed by atoms with Crippen LogP contribution in [0.1, 0.15) is 0 Å². The minimum Gasteiger partial charge on any atom is -0.278 e. The molecular formula is C20H13ClFN3O2S. The Balaban J connectivity index is 1.71. The lowest BCUT2D eigenvalue weighted by molar-refractivity contribution is 0.599. The van der Waals surface area contributed by atoms with Crippen LogP contribution < -0.4 is 4.72 Å². The van der Waals surface area contributed by atoms with Gasteiger partial charge in [0, 0.05) is 17.1 Å². The Kier molecular flexibility index (Phi) is 4.70. The van der Waals surface area contributed by atoms with Crippen LogP contribution in [0.25, 0.3) is 22.2 Å². The van der Waals surface area contributed by atoms with Crippen molar-refractivity contribution in [3.8, 4) is 11.3 Å². The van der Waals surface area contributed by atoms with E-state index in [2.05, 4.69) is 14.7 Å². The van der Waals surface area contributed by atoms with Gasteiger partial charge in [-0.05, 0) is 48.5 Å². The molecule has 0 amide bonds. The van der Waals surface area contributed by atoms with Crippen LogP contribution in [0.2, 0.25) is 5.02 Å². The van der Waals surface area contributed by atoms with Crippen molar-refractivity contribution in [3.05, 3.63) is 83.9 Å². The van der Waals surface area contributed by atoms with Crippen LogP contribution in [0, 0.1) is 5.82 Å². The summed E-state index contributed by atoms with van der Waals surface area (Å²) in [5, 5.41) is 1.15. The van der Waals surface area contributed by atoms with Crippen molar-refractivity contribution in [1.82, 2.24) is 9.97 Å². The van der Waals surface area contributed by atoms with Gasteiger partial charge in [0.15, 0.2) is 0 Å². The monoisotopic (exact) mass is 413 g/mol. The lowest BCUT2D eigenvalue weighted by atomic mass is 10.1. The van der Waals surface area contributed by atoms with Crippen LogP contribution in [0.3, 0.4) is 0 Å². The second-order valence-electron chi connectivity index (χ2n) is 6.02. The number of sulfonamides is 1. The fourth-order valence-electron chi connectivity index (χ4n) is 2.71. The van der Waals surface area contributed by atoms with Gasteiger partial charge in [-0.1, -0.05) is 23.7 Å². The summed E-state index contributed by atoms with van der Waals surface area (Å²) in [5.41, 5.74) is 2.31. The summed E-state index contributed by atoms with van der Waals surface area (Å²) in [6, 6.07) is 15.1. The van der Waals surface area contributed by atoms with Gasteiger partial charge in [0.1, 0.15) is 5.82 Å². The molecule has 5 nitrogen and oxygen atoms in total. The maximum Gasteiger partial charge on any atom is 0.261 e. The molecule has 0 fully saturated rings. The molecule has 4 aromatic rings. The highest BCUT2D eigenvalue weighted by molar-refractivity contribution is 7.92. The highest BCUT2D eigenvalue weighted by atomic mass is 35.5. The van der Waals surface area contributed by atoms with Crippen LogP contribution >= 0.6 is 11.6 Å². The van der Waals surface area contributed by atoms with Gasteiger partial charge < -0.3 is 0 Å². The number of anilines is 1. The van der Waals surface area contributed by atoms with Crippen LogP contribution in [-0.4, -0.2) is 18.4 Å². The fourth-order valence-corrected chi connectivity index (χ4v) is 4.00. The zero-order chi connectivity index (χ0) is 19.7. The summed E-state index contributed by atoms with van der Waals surface area (Å²) in [4.78, 5) is 8.56. The van der Waals surface area contributed by atoms with E-state index in [1.54, 1.807) is 30.6 Å². The lowest BCUT2D eigenvalue weighted by Crippen LogP contribution is -2.13. The molecule has 8 heteroatoms. The van der Waals surface area contributed by atoms with Gasteiger partial charge in [0.2, 0.25) is 0 Å². The highest BCUT2D eigenvalue weighted by Gasteiger charge is 2.16. The smallest absolute Gasteiger partial charge is 0.261 e. The van der Waals surface area contributed by atoms with E-state index in [0.29, 0.717) is 11.3 Å². The number of fused-ring (bicyclic) bond motifs is 1. The number of aromatic nitrogens is 2. The summed E-state index contributed by atoms with van der Waals surface area (Å²) in [7, 11) is -3.92. The van der Waals surface area contributed by atoms with Crippen LogP contribution in [0.5, 0.6) is 0 Å². The third kappa shape index (κ3) is 3.67. The van der Waals surface area contributed by atoms with E-state index in [1.807, 2.05) is 18.2 Å². The number of pyridine rings is 2. The first kappa shape index (κ1) is 18.3. The summed E-state index contributed by atoms with van der Waals surface area (Å²) in [6.45, 7) is 0. The first-order valence-corrected chi connectivity index (χ1v) is 10.1. The molecule has 2 aromatic carbocycles. The molecule has 0 spiro atoms. The van der Waals surface area contributed by atoms with Crippen molar-refractivity contribution >= 4 is 38.2 Å². The molecular weight excluding hydrogens is 401 g/mol. The molecule has 0 saturated heterocycles. The highest BCUT2D eigenvalue weighted by Crippen LogP contribution is 2.30. The Morgan fingerprint density at radius 3 is 2.54 bits per heavy atom. The summed E-state index contributed by atoms with van der Waals surface area (Å²) < 4.78 is 40.7. The third-order valence-corrected chi connectivity index (χ3v) is 5.83. The van der Waals surface area contributed by atoms with E-state index in [1.165, 1.54) is 12.1 Å². The van der Waals surface area contributed by atoms with E-state index in [0.717, 1.165) is 23.0 Å². The minimum atomic E-state index is -3.92. The van der Waals surface area contributed by atoms with Gasteiger partial charge in [-0.15, -0.1) is 0 Å². The molecule has 0 atom stereocenters. The topological polar surface area (TPSA) is 72.0 Å². The number of hydrogen-bond acceptors (Lipinski definition) is 4. The predicted octanol–water partition coefficient (Wildman–Crippen LogP) is 4.89. The van der Waals surface area contributed by atoms with Gasteiger partial charge >= 0.3 is 0 Å². The Morgan fingerprint density at radius 2 is 1.75 bits per heavy atom. The molecule has 0 radical (unpaired) electrons. The van der Waals surface area contributed by atoms with Crippen LogP contribution in [0.15, 0.2) is 78.0 Å². The number of halogens is 2. The zero-order valence-corrected chi connectivity index (χ0v) is 15.9. The molecule has 0 saturated carbocycles. The first-order valence-electron chi connectivity index (χ1n) is 8.21. The molecule has 0 bridgehead atoms. The second-order valence-corrected chi connectivity index (χ2v) is 8.11. The summed E-state index contributed by atoms with van der Waals surface area (Å²) >= 11 is 6.18. The Labute approximate surface area is 165 Å². The van der Waals surface area contributed by atoms with E-state index < -0.39 is 15.8 Å². The third-order valence-electron chi connectivity index (χ3n) is 4.12. The molecule has 0 aliphatic carbocycles. The van der Waals surface area contributed by atoms with Gasteiger partial charge in [-0.25, -0.2) is 12.8 Å². The maximum atomic E-state index is 13.1. The molecule has 2 aromatic heterocycles. The van der Waals surface area contributed by atoms with Crippen molar-refractivity contribution in [3.63, 3.8) is 0 Å². The molecule has 0 unspecified atom stereocenters.